The van der Waals surface area contributed by atoms with E-state index in [1.54, 1.807) is 18.3 Å². The van der Waals surface area contributed by atoms with E-state index in [-0.39, 0.29) is 12.4 Å². The van der Waals surface area contributed by atoms with E-state index in [2.05, 4.69) is 46.0 Å². The van der Waals surface area contributed by atoms with Crippen LogP contribution in [0.3, 0.4) is 0 Å². The molecule has 1 N–H and O–H groups in total. The number of hydrogen-bond donors (Lipinski definition) is 1. The van der Waals surface area contributed by atoms with Crippen molar-refractivity contribution in [3.05, 3.63) is 101 Å². The number of hydrogen-bond acceptors (Lipinski definition) is 6. The molecule has 0 radical (unpaired) electrons. The van der Waals surface area contributed by atoms with Gasteiger partial charge in [-0.3, -0.25) is 4.79 Å². The highest BCUT2D eigenvalue weighted by molar-refractivity contribution is 5.92. The Labute approximate surface area is 216 Å². The first-order valence-corrected chi connectivity index (χ1v) is 12.3. The summed E-state index contributed by atoms with van der Waals surface area (Å²) in [5.74, 6) is 1.02. The topological polar surface area (TPSA) is 81.2 Å². The van der Waals surface area contributed by atoms with Crippen LogP contribution in [-0.2, 0) is 11.3 Å². The van der Waals surface area contributed by atoms with Gasteiger partial charge >= 0.3 is 5.91 Å². The monoisotopic (exact) mass is 498 g/mol. The molecule has 37 heavy (non-hydrogen) atoms. The maximum absolute atomic E-state index is 12.4. The number of ether oxygens (including phenoxy) is 2. The zero-order valence-electron chi connectivity index (χ0n) is 21.0. The molecule has 8 nitrogen and oxygen atoms in total. The second kappa shape index (κ2) is 11.2. The summed E-state index contributed by atoms with van der Waals surface area (Å²) < 4.78 is 19.1. The molecule has 4 aromatic rings. The highest BCUT2D eigenvalue weighted by atomic mass is 16.5. The van der Waals surface area contributed by atoms with E-state index in [0.717, 1.165) is 49.0 Å². The fraction of sp³-hybridized carbons (Fsp3) is 0.241. The second-order valence-corrected chi connectivity index (χ2v) is 8.89. The number of anilines is 1. The lowest BCUT2D eigenvalue weighted by Crippen LogP contribution is -2.36. The molecule has 1 aliphatic rings. The van der Waals surface area contributed by atoms with Crippen LogP contribution in [0.2, 0.25) is 0 Å². The number of furan rings is 1. The first kappa shape index (κ1) is 24.4. The minimum Gasteiger partial charge on any atom is -0.486 e. The first-order chi connectivity index (χ1) is 18.1. The van der Waals surface area contributed by atoms with Crippen molar-refractivity contribution in [3.63, 3.8) is 0 Å². The quantitative estimate of drug-likeness (QED) is 0.277. The molecule has 5 rings (SSSR count). The summed E-state index contributed by atoms with van der Waals surface area (Å²) in [4.78, 5) is 14.7. The summed E-state index contributed by atoms with van der Waals surface area (Å²) in [6.07, 6.45) is 1.61. The lowest BCUT2D eigenvalue weighted by molar-refractivity contribution is 0.0923. The summed E-state index contributed by atoms with van der Waals surface area (Å²) in [5, 5.41) is 4.05. The molecule has 1 saturated heterocycles. The van der Waals surface area contributed by atoms with Gasteiger partial charge in [-0.05, 0) is 80.1 Å². The van der Waals surface area contributed by atoms with Gasteiger partial charge in [0, 0.05) is 35.9 Å². The summed E-state index contributed by atoms with van der Waals surface area (Å²) in [6.45, 7) is 7.65. The molecule has 1 amide bonds. The minimum absolute atomic E-state index is 0.173. The van der Waals surface area contributed by atoms with Gasteiger partial charge in [0.05, 0.1) is 19.4 Å². The SMILES string of the molecule is Cc1ccc(C)n1-c1ccc(OCc2ccc(C(=O)N/N=C/c3ccc(N4CCOCC4)cc3)o2)cc1. The van der Waals surface area contributed by atoms with Crippen molar-refractivity contribution in [2.24, 2.45) is 5.10 Å². The number of carbonyl (C=O) groups excluding carboxylic acids is 1. The van der Waals surface area contributed by atoms with Crippen LogP contribution in [0.15, 0.2) is 82.3 Å². The average Bonchev–Trinajstić information content (AvgIpc) is 3.55. The minimum atomic E-state index is -0.422. The lowest BCUT2D eigenvalue weighted by atomic mass is 10.2. The van der Waals surface area contributed by atoms with Crippen LogP contribution in [0.1, 0.15) is 33.3 Å². The molecule has 1 fully saturated rings. The summed E-state index contributed by atoms with van der Waals surface area (Å²) >= 11 is 0. The Morgan fingerprint density at radius 3 is 2.30 bits per heavy atom. The standard InChI is InChI=1S/C29H30N4O4/c1-21-3-4-22(2)33(21)25-9-11-26(12-10-25)36-20-27-13-14-28(37-27)29(34)31-30-19-23-5-7-24(8-6-23)32-15-17-35-18-16-32/h3-14,19H,15-18,20H2,1-2H3,(H,31,34)/b30-19+. The maximum atomic E-state index is 12.4. The van der Waals surface area contributed by atoms with Crippen molar-refractivity contribution in [2.75, 3.05) is 31.2 Å². The summed E-state index contributed by atoms with van der Waals surface area (Å²) in [5.41, 5.74) is 7.99. The van der Waals surface area contributed by atoms with E-state index in [1.807, 2.05) is 48.5 Å². The molecule has 1 aliphatic heterocycles. The van der Waals surface area contributed by atoms with Gasteiger partial charge in [0.2, 0.25) is 0 Å². The number of benzene rings is 2. The van der Waals surface area contributed by atoms with Crippen molar-refractivity contribution in [3.8, 4) is 11.4 Å². The zero-order valence-corrected chi connectivity index (χ0v) is 21.0. The fourth-order valence-corrected chi connectivity index (χ4v) is 4.31. The molecule has 0 saturated carbocycles. The van der Waals surface area contributed by atoms with Gasteiger partial charge in [0.15, 0.2) is 5.76 Å². The largest absolute Gasteiger partial charge is 0.486 e. The third-order valence-electron chi connectivity index (χ3n) is 6.28. The Bertz CT molecular complexity index is 1340. The van der Waals surface area contributed by atoms with Gasteiger partial charge in [0.1, 0.15) is 18.1 Å². The van der Waals surface area contributed by atoms with Crippen molar-refractivity contribution in [1.29, 1.82) is 0 Å². The van der Waals surface area contributed by atoms with Crippen molar-refractivity contribution in [2.45, 2.75) is 20.5 Å². The van der Waals surface area contributed by atoms with Crippen molar-refractivity contribution >= 4 is 17.8 Å². The Balaban J connectivity index is 1.11. The van der Waals surface area contributed by atoms with E-state index in [4.69, 9.17) is 13.9 Å². The number of amides is 1. The van der Waals surface area contributed by atoms with Gasteiger partial charge in [-0.1, -0.05) is 12.1 Å². The van der Waals surface area contributed by atoms with Crippen LogP contribution in [-0.4, -0.2) is 43.0 Å². The molecule has 190 valence electrons. The van der Waals surface area contributed by atoms with E-state index in [9.17, 15) is 4.79 Å². The summed E-state index contributed by atoms with van der Waals surface area (Å²) in [7, 11) is 0. The highest BCUT2D eigenvalue weighted by Crippen LogP contribution is 2.21. The molecule has 0 spiro atoms. The molecular formula is C29H30N4O4. The number of aryl methyl sites for hydroxylation is 2. The Kier molecular flexibility index (Phi) is 7.37. The predicted molar refractivity (Wildman–Crippen MR) is 143 cm³/mol. The molecule has 0 bridgehead atoms. The normalized spacial score (nSPS) is 13.7. The van der Waals surface area contributed by atoms with Crippen molar-refractivity contribution < 1.29 is 18.7 Å². The molecule has 0 unspecified atom stereocenters. The van der Waals surface area contributed by atoms with Gasteiger partial charge in [0.25, 0.3) is 0 Å². The van der Waals surface area contributed by atoms with Crippen LogP contribution >= 0.6 is 0 Å². The highest BCUT2D eigenvalue weighted by Gasteiger charge is 2.12. The predicted octanol–water partition coefficient (Wildman–Crippen LogP) is 4.87. The molecule has 2 aromatic carbocycles. The van der Waals surface area contributed by atoms with Gasteiger partial charge in [-0.25, -0.2) is 5.43 Å². The lowest BCUT2D eigenvalue weighted by Gasteiger charge is -2.28. The number of aromatic nitrogens is 1. The van der Waals surface area contributed by atoms with Crippen LogP contribution in [0.4, 0.5) is 5.69 Å². The van der Waals surface area contributed by atoms with E-state index < -0.39 is 5.91 Å². The number of carbonyl (C=O) groups is 1. The van der Waals surface area contributed by atoms with Crippen LogP contribution in [0, 0.1) is 13.8 Å². The van der Waals surface area contributed by atoms with E-state index in [1.165, 1.54) is 11.4 Å². The third-order valence-corrected chi connectivity index (χ3v) is 6.28. The number of morpholine rings is 1. The fourth-order valence-electron chi connectivity index (χ4n) is 4.31. The Morgan fingerprint density at radius 2 is 1.59 bits per heavy atom. The molecule has 3 heterocycles. The molecule has 2 aromatic heterocycles. The molecule has 0 atom stereocenters. The Morgan fingerprint density at radius 1 is 0.919 bits per heavy atom. The molecule has 0 aliphatic carbocycles. The third kappa shape index (κ3) is 5.92. The maximum Gasteiger partial charge on any atom is 0.307 e. The second-order valence-electron chi connectivity index (χ2n) is 8.89. The zero-order chi connectivity index (χ0) is 25.6. The van der Waals surface area contributed by atoms with Crippen molar-refractivity contribution in [1.82, 2.24) is 9.99 Å². The number of nitrogens with one attached hydrogen (secondary N) is 1. The first-order valence-electron chi connectivity index (χ1n) is 12.3. The smallest absolute Gasteiger partial charge is 0.307 e. The van der Waals surface area contributed by atoms with Gasteiger partial charge in [-0.15, -0.1) is 0 Å². The molecule has 8 heteroatoms. The van der Waals surface area contributed by atoms with Gasteiger partial charge < -0.3 is 23.4 Å². The van der Waals surface area contributed by atoms with Crippen LogP contribution in [0.5, 0.6) is 5.75 Å². The number of hydrazone groups is 1. The number of nitrogens with zero attached hydrogens (tertiary/aromatic N) is 3. The van der Waals surface area contributed by atoms with Crippen LogP contribution in [0.25, 0.3) is 5.69 Å². The molecular weight excluding hydrogens is 468 g/mol. The Hall–Kier alpha value is -4.30. The van der Waals surface area contributed by atoms with E-state index >= 15 is 0 Å². The number of rotatable bonds is 8. The van der Waals surface area contributed by atoms with Crippen LogP contribution < -0.4 is 15.1 Å². The summed E-state index contributed by atoms with van der Waals surface area (Å²) in [6, 6.07) is 23.4. The van der Waals surface area contributed by atoms with E-state index in [0.29, 0.717) is 5.76 Å². The average molecular weight is 499 g/mol. The van der Waals surface area contributed by atoms with Gasteiger partial charge in [-0.2, -0.15) is 5.10 Å².